The first-order valence-electron chi connectivity index (χ1n) is 8.96. The molecule has 1 amide bonds. The molecule has 0 spiro atoms. The van der Waals surface area contributed by atoms with Crippen LogP contribution in [0.25, 0.3) is 0 Å². The Morgan fingerprint density at radius 1 is 0.778 bits per heavy atom. The molecule has 0 bridgehead atoms. The normalized spacial score (nSPS) is 10.7. The minimum Gasteiger partial charge on any atom is -0.284 e. The quantitative estimate of drug-likeness (QED) is 0.568. The largest absolute Gasteiger partial charge is 0.284 e. The molecule has 0 fully saturated rings. The monoisotopic (exact) mass is 376 g/mol. The lowest BCUT2D eigenvalue weighted by Crippen LogP contribution is -2.41. The molecule has 0 radical (unpaired) electrons. The summed E-state index contributed by atoms with van der Waals surface area (Å²) in [6.45, 7) is 1.29. The van der Waals surface area contributed by atoms with E-state index < -0.39 is 0 Å². The summed E-state index contributed by atoms with van der Waals surface area (Å²) in [5.41, 5.74) is 7.28. The van der Waals surface area contributed by atoms with Crippen LogP contribution in [0.15, 0.2) is 84.9 Å². The Labute approximate surface area is 165 Å². The lowest BCUT2D eigenvalue weighted by atomic mass is 10.1. The zero-order valence-corrected chi connectivity index (χ0v) is 16.3. The number of benzene rings is 3. The van der Waals surface area contributed by atoms with E-state index in [1.165, 1.54) is 5.56 Å². The lowest BCUT2D eigenvalue weighted by Gasteiger charge is -2.23. The van der Waals surface area contributed by atoms with Gasteiger partial charge in [-0.05, 0) is 35.1 Å². The molecule has 0 aromatic heterocycles. The minimum atomic E-state index is -0.0856. The first-order valence-corrected chi connectivity index (χ1v) is 10.4. The SMILES string of the molecule is CSCc1ccc(C(=O)NN(Cc2ccccc2)Cc2ccccc2)cc1. The second-order valence-corrected chi connectivity index (χ2v) is 7.26. The Hall–Kier alpha value is -2.56. The Balaban J connectivity index is 1.72. The zero-order chi connectivity index (χ0) is 18.9. The van der Waals surface area contributed by atoms with Gasteiger partial charge in [-0.1, -0.05) is 72.8 Å². The van der Waals surface area contributed by atoms with E-state index >= 15 is 0 Å². The summed E-state index contributed by atoms with van der Waals surface area (Å²) >= 11 is 1.77. The Bertz CT molecular complexity index is 794. The van der Waals surface area contributed by atoms with Crippen molar-refractivity contribution >= 4 is 17.7 Å². The van der Waals surface area contributed by atoms with E-state index in [9.17, 15) is 4.79 Å². The summed E-state index contributed by atoms with van der Waals surface area (Å²) < 4.78 is 0. The van der Waals surface area contributed by atoms with E-state index in [2.05, 4.69) is 35.9 Å². The number of thioether (sulfide) groups is 1. The fourth-order valence-electron chi connectivity index (χ4n) is 2.87. The summed E-state index contributed by atoms with van der Waals surface area (Å²) in [5.74, 6) is 0.869. The van der Waals surface area contributed by atoms with E-state index in [0.29, 0.717) is 18.7 Å². The van der Waals surface area contributed by atoms with Crippen molar-refractivity contribution in [3.8, 4) is 0 Å². The van der Waals surface area contributed by atoms with E-state index in [1.807, 2.05) is 65.7 Å². The predicted octanol–water partition coefficient (Wildman–Crippen LogP) is 4.90. The highest BCUT2D eigenvalue weighted by Crippen LogP contribution is 2.12. The van der Waals surface area contributed by atoms with Crippen LogP contribution < -0.4 is 5.43 Å². The Morgan fingerprint density at radius 3 is 1.78 bits per heavy atom. The summed E-state index contributed by atoms with van der Waals surface area (Å²) in [5, 5.41) is 1.96. The molecule has 0 saturated heterocycles. The van der Waals surface area contributed by atoms with Crippen LogP contribution in [-0.2, 0) is 18.8 Å². The Kier molecular flexibility index (Phi) is 7.08. The fraction of sp³-hybridized carbons (Fsp3) is 0.174. The van der Waals surface area contributed by atoms with Crippen LogP contribution in [0.2, 0.25) is 0 Å². The molecule has 1 N–H and O–H groups in total. The van der Waals surface area contributed by atoms with Gasteiger partial charge in [0.15, 0.2) is 0 Å². The van der Waals surface area contributed by atoms with Gasteiger partial charge in [0.25, 0.3) is 5.91 Å². The summed E-state index contributed by atoms with van der Waals surface area (Å²) in [6.07, 6.45) is 2.08. The van der Waals surface area contributed by atoms with Gasteiger partial charge in [-0.3, -0.25) is 10.2 Å². The molecular weight excluding hydrogens is 352 g/mol. The van der Waals surface area contributed by atoms with E-state index in [-0.39, 0.29) is 5.91 Å². The van der Waals surface area contributed by atoms with Gasteiger partial charge in [-0.15, -0.1) is 0 Å². The molecular formula is C23H24N2OS. The highest BCUT2D eigenvalue weighted by atomic mass is 32.2. The molecule has 0 unspecified atom stereocenters. The van der Waals surface area contributed by atoms with Crippen molar-refractivity contribution in [2.45, 2.75) is 18.8 Å². The maximum Gasteiger partial charge on any atom is 0.265 e. The molecule has 0 atom stereocenters. The van der Waals surface area contributed by atoms with Crippen LogP contribution >= 0.6 is 11.8 Å². The van der Waals surface area contributed by atoms with Crippen LogP contribution in [0, 0.1) is 0 Å². The maximum absolute atomic E-state index is 12.7. The van der Waals surface area contributed by atoms with Gasteiger partial charge in [0, 0.05) is 24.4 Å². The molecule has 3 aromatic carbocycles. The topological polar surface area (TPSA) is 32.3 Å². The summed E-state index contributed by atoms with van der Waals surface area (Å²) in [7, 11) is 0. The van der Waals surface area contributed by atoms with Crippen LogP contribution in [0.3, 0.4) is 0 Å². The van der Waals surface area contributed by atoms with Crippen LogP contribution in [0.5, 0.6) is 0 Å². The second kappa shape index (κ2) is 9.95. The number of hydrogen-bond acceptors (Lipinski definition) is 3. The van der Waals surface area contributed by atoms with Crippen LogP contribution in [0.1, 0.15) is 27.0 Å². The standard InChI is InChI=1S/C23H24N2OS/c1-27-18-21-12-14-22(15-13-21)23(26)24-25(16-19-8-4-2-5-9-19)17-20-10-6-3-7-11-20/h2-15H,16-18H2,1H3,(H,24,26). The predicted molar refractivity (Wildman–Crippen MR) is 113 cm³/mol. The number of hydrogen-bond donors (Lipinski definition) is 1. The van der Waals surface area contributed by atoms with Crippen molar-refractivity contribution in [1.82, 2.24) is 10.4 Å². The zero-order valence-electron chi connectivity index (χ0n) is 15.5. The second-order valence-electron chi connectivity index (χ2n) is 6.40. The van der Waals surface area contributed by atoms with Gasteiger partial charge in [0.2, 0.25) is 0 Å². The molecule has 4 heteroatoms. The van der Waals surface area contributed by atoms with E-state index in [1.54, 1.807) is 11.8 Å². The van der Waals surface area contributed by atoms with Crippen molar-refractivity contribution in [1.29, 1.82) is 0 Å². The van der Waals surface area contributed by atoms with Crippen molar-refractivity contribution in [2.75, 3.05) is 6.26 Å². The highest BCUT2D eigenvalue weighted by molar-refractivity contribution is 7.97. The first kappa shape index (κ1) is 19.2. The number of nitrogens with one attached hydrogen (secondary N) is 1. The van der Waals surface area contributed by atoms with Crippen LogP contribution in [-0.4, -0.2) is 17.2 Å². The molecule has 3 nitrogen and oxygen atoms in total. The van der Waals surface area contributed by atoms with Crippen molar-refractivity contribution < 1.29 is 4.79 Å². The van der Waals surface area contributed by atoms with E-state index in [0.717, 1.165) is 16.9 Å². The molecule has 138 valence electrons. The average Bonchev–Trinajstić information content (AvgIpc) is 2.70. The molecule has 0 aliphatic carbocycles. The van der Waals surface area contributed by atoms with Crippen molar-refractivity contribution in [3.63, 3.8) is 0 Å². The smallest absolute Gasteiger partial charge is 0.265 e. The third-order valence-electron chi connectivity index (χ3n) is 4.22. The van der Waals surface area contributed by atoms with Gasteiger partial charge in [0.1, 0.15) is 0 Å². The van der Waals surface area contributed by atoms with Crippen molar-refractivity contribution in [2.24, 2.45) is 0 Å². The number of amides is 1. The summed E-state index contributed by atoms with van der Waals surface area (Å²) in [6, 6.07) is 28.2. The molecule has 3 aromatic rings. The van der Waals surface area contributed by atoms with Crippen molar-refractivity contribution in [3.05, 3.63) is 107 Å². The molecule has 0 saturated carbocycles. The lowest BCUT2D eigenvalue weighted by molar-refractivity contribution is 0.0759. The van der Waals surface area contributed by atoms with Gasteiger partial charge < -0.3 is 0 Å². The van der Waals surface area contributed by atoms with E-state index in [4.69, 9.17) is 0 Å². The van der Waals surface area contributed by atoms with Gasteiger partial charge in [0.05, 0.1) is 0 Å². The maximum atomic E-state index is 12.7. The Morgan fingerprint density at radius 2 is 1.30 bits per heavy atom. The third-order valence-corrected chi connectivity index (χ3v) is 4.84. The number of carbonyl (C=O) groups excluding carboxylic acids is 1. The summed E-state index contributed by atoms with van der Waals surface area (Å²) in [4.78, 5) is 12.7. The number of rotatable bonds is 8. The first-order chi connectivity index (χ1) is 13.2. The number of hydrazine groups is 1. The fourth-order valence-corrected chi connectivity index (χ4v) is 3.40. The molecule has 27 heavy (non-hydrogen) atoms. The minimum absolute atomic E-state index is 0.0856. The van der Waals surface area contributed by atoms with Gasteiger partial charge in [-0.25, -0.2) is 5.01 Å². The molecule has 0 aliphatic heterocycles. The van der Waals surface area contributed by atoms with Gasteiger partial charge in [-0.2, -0.15) is 11.8 Å². The number of carbonyl (C=O) groups is 1. The number of nitrogens with zero attached hydrogens (tertiary/aromatic N) is 1. The average molecular weight is 377 g/mol. The van der Waals surface area contributed by atoms with Gasteiger partial charge >= 0.3 is 0 Å². The molecule has 0 heterocycles. The molecule has 3 rings (SSSR count). The highest BCUT2D eigenvalue weighted by Gasteiger charge is 2.12. The third kappa shape index (κ3) is 5.98. The molecule has 0 aliphatic rings. The van der Waals surface area contributed by atoms with Crippen LogP contribution in [0.4, 0.5) is 0 Å².